The maximum atomic E-state index is 13.0. The second-order valence-electron chi connectivity index (χ2n) is 6.00. The van der Waals surface area contributed by atoms with Gasteiger partial charge in [0, 0.05) is 26.2 Å². The lowest BCUT2D eigenvalue weighted by molar-refractivity contribution is -0.137. The van der Waals surface area contributed by atoms with Crippen molar-refractivity contribution in [3.8, 4) is 11.5 Å². The Morgan fingerprint density at radius 1 is 1.07 bits per heavy atom. The molecule has 0 bridgehead atoms. The van der Waals surface area contributed by atoms with E-state index in [2.05, 4.69) is 10.5 Å². The third-order valence-corrected chi connectivity index (χ3v) is 6.04. The van der Waals surface area contributed by atoms with Crippen LogP contribution in [0.25, 0.3) is 0 Å². The van der Waals surface area contributed by atoms with Gasteiger partial charge in [0.2, 0.25) is 10.0 Å². The van der Waals surface area contributed by atoms with Gasteiger partial charge in [-0.1, -0.05) is 6.07 Å². The average Bonchev–Trinajstić information content (AvgIpc) is 2.68. The van der Waals surface area contributed by atoms with E-state index in [9.17, 15) is 26.5 Å². The van der Waals surface area contributed by atoms with Crippen LogP contribution < -0.4 is 10.1 Å². The first kappa shape index (κ1) is 20.2. The number of nitrogens with one attached hydrogen (secondary N) is 1. The van der Waals surface area contributed by atoms with Crippen molar-refractivity contribution in [2.45, 2.75) is 11.1 Å². The summed E-state index contributed by atoms with van der Waals surface area (Å²) < 4.78 is 71.4. The Hall–Kier alpha value is -2.50. The highest BCUT2D eigenvalue weighted by Gasteiger charge is 2.32. The molecule has 0 amide bonds. The lowest BCUT2D eigenvalue weighted by Crippen LogP contribution is -2.46. The Morgan fingerprint density at radius 2 is 1.79 bits per heavy atom. The number of sulfonamides is 1. The zero-order valence-corrected chi connectivity index (χ0v) is 15.3. The van der Waals surface area contributed by atoms with Gasteiger partial charge in [-0.3, -0.25) is 0 Å². The van der Waals surface area contributed by atoms with Gasteiger partial charge in [0.05, 0.1) is 5.56 Å². The highest BCUT2D eigenvalue weighted by Crippen LogP contribution is 2.36. The molecule has 0 spiro atoms. The van der Waals surface area contributed by atoms with E-state index >= 15 is 0 Å². The van der Waals surface area contributed by atoms with Gasteiger partial charge in [-0.2, -0.15) is 17.5 Å². The molecular formula is C17H16F3N3O4S. The molecule has 2 aromatic rings. The molecule has 3 rings (SSSR count). The molecule has 28 heavy (non-hydrogen) atoms. The fourth-order valence-electron chi connectivity index (χ4n) is 2.73. The predicted molar refractivity (Wildman–Crippen MR) is 95.0 cm³/mol. The fraction of sp³-hybridized carbons (Fsp3) is 0.294. The number of piperazine rings is 1. The Morgan fingerprint density at radius 3 is 2.43 bits per heavy atom. The summed E-state index contributed by atoms with van der Waals surface area (Å²) in [5, 5.41) is 5.76. The topological polar surface area (TPSA) is 88.1 Å². The van der Waals surface area contributed by atoms with Gasteiger partial charge in [0.1, 0.15) is 22.1 Å². The van der Waals surface area contributed by atoms with Crippen LogP contribution in [0.2, 0.25) is 0 Å². The summed E-state index contributed by atoms with van der Waals surface area (Å²) in [5.41, 5.74) is -1.06. The van der Waals surface area contributed by atoms with E-state index in [0.29, 0.717) is 13.1 Å². The van der Waals surface area contributed by atoms with E-state index in [1.165, 1.54) is 22.5 Å². The SMILES string of the molecule is O=Nc1ccc(Oc2cccc(C(F)(F)F)c2)c(S(=O)(=O)N2CCNCC2)c1. The highest BCUT2D eigenvalue weighted by atomic mass is 32.2. The summed E-state index contributed by atoms with van der Waals surface area (Å²) in [5.74, 6) is -0.372. The Balaban J connectivity index is 2.01. The number of halogens is 3. The van der Waals surface area contributed by atoms with Crippen LogP contribution in [0.5, 0.6) is 11.5 Å². The number of hydrogen-bond donors (Lipinski definition) is 1. The monoisotopic (exact) mass is 415 g/mol. The van der Waals surface area contributed by atoms with Crippen molar-refractivity contribution in [3.63, 3.8) is 0 Å². The molecule has 1 heterocycles. The van der Waals surface area contributed by atoms with Crippen LogP contribution in [-0.4, -0.2) is 38.9 Å². The molecule has 7 nitrogen and oxygen atoms in total. The zero-order valence-electron chi connectivity index (χ0n) is 14.4. The van der Waals surface area contributed by atoms with Gasteiger partial charge in [0.15, 0.2) is 0 Å². The van der Waals surface area contributed by atoms with E-state index in [0.717, 1.165) is 24.3 Å². The number of ether oxygens (including phenoxy) is 1. The molecule has 1 N–H and O–H groups in total. The van der Waals surface area contributed by atoms with Crippen molar-refractivity contribution in [2.75, 3.05) is 26.2 Å². The number of hydrogen-bond acceptors (Lipinski definition) is 6. The molecule has 0 atom stereocenters. The largest absolute Gasteiger partial charge is 0.456 e. The number of alkyl halides is 3. The first-order valence-corrected chi connectivity index (χ1v) is 9.69. The summed E-state index contributed by atoms with van der Waals surface area (Å²) in [6.07, 6.45) is -4.57. The summed E-state index contributed by atoms with van der Waals surface area (Å²) in [6.45, 7) is 1.33. The first-order valence-electron chi connectivity index (χ1n) is 8.25. The average molecular weight is 415 g/mol. The number of rotatable bonds is 5. The van der Waals surface area contributed by atoms with Crippen molar-refractivity contribution in [1.82, 2.24) is 9.62 Å². The molecule has 0 radical (unpaired) electrons. The Bertz CT molecular complexity index is 974. The van der Waals surface area contributed by atoms with E-state index in [1.54, 1.807) is 0 Å². The van der Waals surface area contributed by atoms with Crippen LogP contribution in [-0.2, 0) is 16.2 Å². The molecule has 1 aliphatic heterocycles. The highest BCUT2D eigenvalue weighted by molar-refractivity contribution is 7.89. The summed E-state index contributed by atoms with van der Waals surface area (Å²) in [4.78, 5) is 10.5. The number of benzene rings is 2. The van der Waals surface area contributed by atoms with E-state index in [-0.39, 0.29) is 35.2 Å². The quantitative estimate of drug-likeness (QED) is 0.756. The molecule has 2 aromatic carbocycles. The third-order valence-electron chi connectivity index (χ3n) is 4.12. The van der Waals surface area contributed by atoms with Crippen LogP contribution in [0.3, 0.4) is 0 Å². The van der Waals surface area contributed by atoms with E-state index in [4.69, 9.17) is 4.74 Å². The lowest BCUT2D eigenvalue weighted by atomic mass is 10.2. The summed E-state index contributed by atoms with van der Waals surface area (Å²) in [7, 11) is -4.04. The minimum absolute atomic E-state index is 0.134. The lowest BCUT2D eigenvalue weighted by Gasteiger charge is -2.27. The Kier molecular flexibility index (Phi) is 5.68. The van der Waals surface area contributed by atoms with Gasteiger partial charge in [-0.15, -0.1) is 4.91 Å². The van der Waals surface area contributed by atoms with Gasteiger partial charge >= 0.3 is 6.18 Å². The van der Waals surface area contributed by atoms with Gasteiger partial charge in [-0.05, 0) is 41.6 Å². The minimum Gasteiger partial charge on any atom is -0.456 e. The Labute approximate surface area is 159 Å². The smallest absolute Gasteiger partial charge is 0.416 e. The molecule has 0 saturated carbocycles. The van der Waals surface area contributed by atoms with Crippen molar-refractivity contribution in [3.05, 3.63) is 52.9 Å². The molecular weight excluding hydrogens is 399 g/mol. The van der Waals surface area contributed by atoms with Crippen molar-refractivity contribution >= 4 is 15.7 Å². The van der Waals surface area contributed by atoms with Crippen LogP contribution >= 0.6 is 0 Å². The number of nitroso groups, excluding NO2 is 1. The molecule has 0 aromatic heterocycles. The predicted octanol–water partition coefficient (Wildman–Crippen LogP) is 3.49. The van der Waals surface area contributed by atoms with E-state index in [1.807, 2.05) is 0 Å². The fourth-order valence-corrected chi connectivity index (χ4v) is 4.30. The maximum Gasteiger partial charge on any atom is 0.416 e. The van der Waals surface area contributed by atoms with Crippen molar-refractivity contribution in [2.24, 2.45) is 5.18 Å². The van der Waals surface area contributed by atoms with Crippen LogP contribution in [0.1, 0.15) is 5.56 Å². The zero-order chi connectivity index (χ0) is 20.4. The molecule has 11 heteroatoms. The minimum atomic E-state index is -4.57. The van der Waals surface area contributed by atoms with Crippen molar-refractivity contribution < 1.29 is 26.3 Å². The molecule has 1 saturated heterocycles. The summed E-state index contributed by atoms with van der Waals surface area (Å²) >= 11 is 0. The van der Waals surface area contributed by atoms with Crippen molar-refractivity contribution in [1.29, 1.82) is 0 Å². The van der Waals surface area contributed by atoms with Crippen LogP contribution in [0, 0.1) is 4.91 Å². The van der Waals surface area contributed by atoms with E-state index < -0.39 is 21.8 Å². The maximum absolute atomic E-state index is 13.0. The molecule has 1 aliphatic rings. The second kappa shape index (κ2) is 7.86. The number of nitrogens with zero attached hydrogens (tertiary/aromatic N) is 2. The molecule has 150 valence electrons. The molecule has 0 aliphatic carbocycles. The summed E-state index contributed by atoms with van der Waals surface area (Å²) in [6, 6.07) is 7.57. The normalized spacial score (nSPS) is 16.0. The van der Waals surface area contributed by atoms with Gasteiger partial charge in [-0.25, -0.2) is 8.42 Å². The van der Waals surface area contributed by atoms with Gasteiger partial charge < -0.3 is 10.1 Å². The molecule has 0 unspecified atom stereocenters. The third kappa shape index (κ3) is 4.32. The van der Waals surface area contributed by atoms with Crippen LogP contribution in [0.15, 0.2) is 52.5 Å². The second-order valence-corrected chi connectivity index (χ2v) is 7.91. The molecule has 1 fully saturated rings. The first-order chi connectivity index (χ1) is 13.2. The van der Waals surface area contributed by atoms with Crippen LogP contribution in [0.4, 0.5) is 18.9 Å². The standard InChI is InChI=1S/C17H16F3N3O4S/c18-17(19,20)12-2-1-3-14(10-12)27-15-5-4-13(22-24)11-16(15)28(25,26)23-8-6-21-7-9-23/h1-5,10-11,21H,6-9H2. The van der Waals surface area contributed by atoms with Gasteiger partial charge in [0.25, 0.3) is 0 Å².